The first kappa shape index (κ1) is 13.4. The minimum absolute atomic E-state index is 0.853. The monoisotopic (exact) mass is 246 g/mol. The molecule has 0 amide bonds. The van der Waals surface area contributed by atoms with E-state index >= 15 is 0 Å². The first-order valence-electron chi connectivity index (χ1n) is 7.17. The first-order valence-corrected chi connectivity index (χ1v) is 7.17. The summed E-state index contributed by atoms with van der Waals surface area (Å²) in [5.74, 6) is 0.853. The Balaban J connectivity index is 2.05. The molecule has 1 aromatic carbocycles. The van der Waals surface area contributed by atoms with Gasteiger partial charge in [0.15, 0.2) is 0 Å². The van der Waals surface area contributed by atoms with Crippen molar-refractivity contribution in [3.63, 3.8) is 0 Å². The predicted molar refractivity (Wildman–Crippen MR) is 79.4 cm³/mol. The average Bonchev–Trinajstić information content (AvgIpc) is 2.39. The number of benzene rings is 1. The maximum absolute atomic E-state index is 3.27. The number of piperidine rings is 1. The second-order valence-corrected chi connectivity index (χ2v) is 5.64. The van der Waals surface area contributed by atoms with E-state index in [1.54, 1.807) is 0 Å². The highest BCUT2D eigenvalue weighted by atomic mass is 15.1. The molecule has 2 nitrogen and oxygen atoms in total. The minimum atomic E-state index is 0.853. The predicted octanol–water partition coefficient (Wildman–Crippen LogP) is 3.13. The molecule has 1 N–H and O–H groups in total. The molecular formula is C16H26N2. The van der Waals surface area contributed by atoms with Gasteiger partial charge in [-0.2, -0.15) is 0 Å². The zero-order chi connectivity index (χ0) is 13.0. The Kier molecular flexibility index (Phi) is 4.65. The first-order chi connectivity index (χ1) is 8.70. The lowest BCUT2D eigenvalue weighted by atomic mass is 9.94. The average molecular weight is 246 g/mol. The number of aryl methyl sites for hydroxylation is 2. The van der Waals surface area contributed by atoms with E-state index in [1.165, 1.54) is 49.2 Å². The zero-order valence-corrected chi connectivity index (χ0v) is 12.0. The maximum atomic E-state index is 3.27. The van der Waals surface area contributed by atoms with Crippen LogP contribution in [0.5, 0.6) is 0 Å². The lowest BCUT2D eigenvalue weighted by molar-refractivity contribution is 0.387. The van der Waals surface area contributed by atoms with E-state index in [1.807, 2.05) is 7.05 Å². The lowest BCUT2D eigenvalue weighted by Crippen LogP contribution is -2.36. The van der Waals surface area contributed by atoms with E-state index in [4.69, 9.17) is 0 Å². The van der Waals surface area contributed by atoms with Gasteiger partial charge in [0, 0.05) is 18.8 Å². The summed E-state index contributed by atoms with van der Waals surface area (Å²) in [4.78, 5) is 2.59. The van der Waals surface area contributed by atoms with Gasteiger partial charge in [-0.15, -0.1) is 0 Å². The van der Waals surface area contributed by atoms with Gasteiger partial charge in [-0.1, -0.05) is 12.1 Å². The second kappa shape index (κ2) is 6.24. The third kappa shape index (κ3) is 3.26. The van der Waals surface area contributed by atoms with E-state index in [-0.39, 0.29) is 0 Å². The van der Waals surface area contributed by atoms with Crippen molar-refractivity contribution in [2.75, 3.05) is 31.6 Å². The molecule has 0 radical (unpaired) electrons. The molecule has 100 valence electrons. The Morgan fingerprint density at radius 2 is 2.17 bits per heavy atom. The summed E-state index contributed by atoms with van der Waals surface area (Å²) in [5, 5.41) is 3.27. The van der Waals surface area contributed by atoms with Crippen LogP contribution < -0.4 is 10.2 Å². The number of nitrogens with one attached hydrogen (secondary N) is 1. The summed E-state index contributed by atoms with van der Waals surface area (Å²) >= 11 is 0. The number of nitrogens with zero attached hydrogens (tertiary/aromatic N) is 1. The van der Waals surface area contributed by atoms with Gasteiger partial charge in [-0.25, -0.2) is 0 Å². The molecule has 1 fully saturated rings. The fourth-order valence-electron chi connectivity index (χ4n) is 2.93. The Morgan fingerprint density at radius 3 is 2.94 bits per heavy atom. The smallest absolute Gasteiger partial charge is 0.0398 e. The molecule has 1 aliphatic rings. The Bertz CT molecular complexity index is 387. The molecule has 0 bridgehead atoms. The van der Waals surface area contributed by atoms with Gasteiger partial charge < -0.3 is 10.2 Å². The molecule has 1 aliphatic heterocycles. The van der Waals surface area contributed by atoms with Crippen LogP contribution in [-0.4, -0.2) is 26.7 Å². The summed E-state index contributed by atoms with van der Waals surface area (Å²) < 4.78 is 0. The van der Waals surface area contributed by atoms with Crippen molar-refractivity contribution in [1.82, 2.24) is 5.32 Å². The SMILES string of the molecule is CNCCC1CCCN(c2cc(C)ccc2C)C1. The van der Waals surface area contributed by atoms with Gasteiger partial charge in [0.2, 0.25) is 0 Å². The van der Waals surface area contributed by atoms with Crippen molar-refractivity contribution in [2.24, 2.45) is 5.92 Å². The van der Waals surface area contributed by atoms with Crippen LogP contribution in [0.3, 0.4) is 0 Å². The van der Waals surface area contributed by atoms with E-state index in [9.17, 15) is 0 Å². The molecule has 1 aromatic rings. The highest BCUT2D eigenvalue weighted by Gasteiger charge is 2.20. The molecule has 0 spiro atoms. The summed E-state index contributed by atoms with van der Waals surface area (Å²) in [5.41, 5.74) is 4.23. The van der Waals surface area contributed by atoms with Crippen LogP contribution in [0.1, 0.15) is 30.4 Å². The fraction of sp³-hybridized carbons (Fsp3) is 0.625. The standard InChI is InChI=1S/C16H26N2/c1-13-6-7-14(2)16(11-13)18-10-4-5-15(12-18)8-9-17-3/h6-7,11,15,17H,4-5,8-10,12H2,1-3H3. The van der Waals surface area contributed by atoms with Crippen molar-refractivity contribution >= 4 is 5.69 Å². The largest absolute Gasteiger partial charge is 0.371 e. The van der Waals surface area contributed by atoms with E-state index in [0.29, 0.717) is 0 Å². The summed E-state index contributed by atoms with van der Waals surface area (Å²) in [6.45, 7) is 8.01. The highest BCUT2D eigenvalue weighted by Crippen LogP contribution is 2.28. The topological polar surface area (TPSA) is 15.3 Å². The van der Waals surface area contributed by atoms with Gasteiger partial charge in [-0.3, -0.25) is 0 Å². The number of rotatable bonds is 4. The van der Waals surface area contributed by atoms with Gasteiger partial charge >= 0.3 is 0 Å². The normalized spacial score (nSPS) is 20.2. The molecule has 1 atom stereocenters. The van der Waals surface area contributed by atoms with Crippen molar-refractivity contribution in [3.8, 4) is 0 Å². The van der Waals surface area contributed by atoms with Gasteiger partial charge in [0.05, 0.1) is 0 Å². The highest BCUT2D eigenvalue weighted by molar-refractivity contribution is 5.55. The maximum Gasteiger partial charge on any atom is 0.0398 e. The molecule has 0 aromatic heterocycles. The Labute approximate surface area is 111 Å². The lowest BCUT2D eigenvalue weighted by Gasteiger charge is -2.35. The number of anilines is 1. The minimum Gasteiger partial charge on any atom is -0.371 e. The van der Waals surface area contributed by atoms with Crippen LogP contribution >= 0.6 is 0 Å². The molecule has 0 saturated carbocycles. The van der Waals surface area contributed by atoms with Gasteiger partial charge in [-0.05, 0) is 69.8 Å². The molecule has 1 saturated heterocycles. The summed E-state index contributed by atoms with van der Waals surface area (Å²) in [7, 11) is 2.05. The van der Waals surface area contributed by atoms with Crippen LogP contribution in [0.25, 0.3) is 0 Å². The van der Waals surface area contributed by atoms with E-state index < -0.39 is 0 Å². The quantitative estimate of drug-likeness (QED) is 0.878. The van der Waals surface area contributed by atoms with Gasteiger partial charge in [0.1, 0.15) is 0 Å². The second-order valence-electron chi connectivity index (χ2n) is 5.64. The summed E-state index contributed by atoms with van der Waals surface area (Å²) in [6, 6.07) is 6.80. The van der Waals surface area contributed by atoms with Crippen molar-refractivity contribution in [3.05, 3.63) is 29.3 Å². The molecule has 18 heavy (non-hydrogen) atoms. The number of hydrogen-bond acceptors (Lipinski definition) is 2. The third-order valence-electron chi connectivity index (χ3n) is 4.03. The third-order valence-corrected chi connectivity index (χ3v) is 4.03. The molecule has 2 rings (SSSR count). The zero-order valence-electron chi connectivity index (χ0n) is 12.0. The van der Waals surface area contributed by atoms with Gasteiger partial charge in [0.25, 0.3) is 0 Å². The van der Waals surface area contributed by atoms with Crippen LogP contribution in [-0.2, 0) is 0 Å². The van der Waals surface area contributed by atoms with Crippen molar-refractivity contribution < 1.29 is 0 Å². The molecule has 0 aliphatic carbocycles. The van der Waals surface area contributed by atoms with Crippen molar-refractivity contribution in [1.29, 1.82) is 0 Å². The van der Waals surface area contributed by atoms with Crippen molar-refractivity contribution in [2.45, 2.75) is 33.1 Å². The Hall–Kier alpha value is -1.02. The molecule has 2 heteroatoms. The van der Waals surface area contributed by atoms with Crippen LogP contribution in [0.15, 0.2) is 18.2 Å². The molecule has 1 unspecified atom stereocenters. The fourth-order valence-corrected chi connectivity index (χ4v) is 2.93. The molecular weight excluding hydrogens is 220 g/mol. The van der Waals surface area contributed by atoms with E-state index in [2.05, 4.69) is 42.3 Å². The van der Waals surface area contributed by atoms with Crippen LogP contribution in [0.2, 0.25) is 0 Å². The van der Waals surface area contributed by atoms with E-state index in [0.717, 1.165) is 12.5 Å². The molecule has 1 heterocycles. The Morgan fingerprint density at radius 1 is 1.33 bits per heavy atom. The number of hydrogen-bond donors (Lipinski definition) is 1. The summed E-state index contributed by atoms with van der Waals surface area (Å²) in [6.07, 6.45) is 4.03. The van der Waals surface area contributed by atoms with Crippen LogP contribution in [0, 0.1) is 19.8 Å². The van der Waals surface area contributed by atoms with Crippen LogP contribution in [0.4, 0.5) is 5.69 Å².